The van der Waals surface area contributed by atoms with Gasteiger partial charge in [-0.25, -0.2) is 4.98 Å². The minimum atomic E-state index is 0.0246. The van der Waals surface area contributed by atoms with Crippen molar-refractivity contribution in [2.75, 3.05) is 21.2 Å². The van der Waals surface area contributed by atoms with Crippen LogP contribution in [0.2, 0.25) is 0 Å². The highest BCUT2D eigenvalue weighted by Gasteiger charge is 2.18. The van der Waals surface area contributed by atoms with E-state index >= 15 is 0 Å². The highest BCUT2D eigenvalue weighted by Crippen LogP contribution is 2.21. The van der Waals surface area contributed by atoms with Gasteiger partial charge in [-0.05, 0) is 13.3 Å². The van der Waals surface area contributed by atoms with Gasteiger partial charge in [0.1, 0.15) is 16.9 Å². The van der Waals surface area contributed by atoms with E-state index in [0.717, 1.165) is 47.7 Å². The monoisotopic (exact) mass is 363 g/mol. The first-order valence-corrected chi connectivity index (χ1v) is 9.30. The number of methoxy groups -OCH3 is 1. The third-order valence-electron chi connectivity index (χ3n) is 4.33. The Morgan fingerprint density at radius 1 is 1.52 bits per heavy atom. The van der Waals surface area contributed by atoms with Crippen LogP contribution in [0.1, 0.15) is 41.8 Å². The average molecular weight is 363 g/mol. The van der Waals surface area contributed by atoms with E-state index in [0.29, 0.717) is 13.1 Å². The van der Waals surface area contributed by atoms with Crippen molar-refractivity contribution in [1.82, 2.24) is 30.0 Å². The second-order valence-corrected chi connectivity index (χ2v) is 6.99. The second kappa shape index (κ2) is 7.92. The zero-order valence-electron chi connectivity index (χ0n) is 15.2. The van der Waals surface area contributed by atoms with E-state index in [1.54, 1.807) is 25.5 Å². The molecule has 3 rings (SSSR count). The average Bonchev–Trinajstić information content (AvgIpc) is 3.32. The molecule has 0 fully saturated rings. The lowest BCUT2D eigenvalue weighted by atomic mass is 10.4. The van der Waals surface area contributed by atoms with Gasteiger partial charge < -0.3 is 19.5 Å². The summed E-state index contributed by atoms with van der Waals surface area (Å²) in [6, 6.07) is 0. The summed E-state index contributed by atoms with van der Waals surface area (Å²) in [4.78, 5) is 11.1. The second-order valence-electron chi connectivity index (χ2n) is 6.10. The molecule has 0 spiro atoms. The molecule has 25 heavy (non-hydrogen) atoms. The van der Waals surface area contributed by atoms with Gasteiger partial charge in [0.15, 0.2) is 11.8 Å². The van der Waals surface area contributed by atoms with Crippen LogP contribution in [0.3, 0.4) is 0 Å². The van der Waals surface area contributed by atoms with Crippen molar-refractivity contribution in [2.45, 2.75) is 45.5 Å². The largest absolute Gasteiger partial charge is 0.375 e. The van der Waals surface area contributed by atoms with Gasteiger partial charge in [0.05, 0.1) is 18.8 Å². The predicted octanol–water partition coefficient (Wildman–Crippen LogP) is 1.60. The molecular formula is C16H25N7OS. The van der Waals surface area contributed by atoms with E-state index in [1.165, 1.54) is 0 Å². The quantitative estimate of drug-likeness (QED) is 0.620. The molecule has 1 aliphatic heterocycles. The Morgan fingerprint density at radius 2 is 2.36 bits per heavy atom. The number of hydrogen-bond acceptors (Lipinski definition) is 6. The summed E-state index contributed by atoms with van der Waals surface area (Å²) in [6.45, 7) is 4.31. The molecule has 0 aliphatic carbocycles. The molecule has 1 atom stereocenters. The van der Waals surface area contributed by atoms with Gasteiger partial charge in [0.2, 0.25) is 0 Å². The number of guanidine groups is 1. The van der Waals surface area contributed by atoms with E-state index in [-0.39, 0.29) is 6.10 Å². The number of fused-ring (bicyclic) bond motifs is 1. The van der Waals surface area contributed by atoms with E-state index < -0.39 is 0 Å². The summed E-state index contributed by atoms with van der Waals surface area (Å²) in [5.41, 5.74) is 1.01. The lowest BCUT2D eigenvalue weighted by Gasteiger charge is -2.21. The lowest BCUT2D eigenvalue weighted by Crippen LogP contribution is -2.38. The molecule has 0 radical (unpaired) electrons. The molecule has 0 saturated heterocycles. The fourth-order valence-electron chi connectivity index (χ4n) is 2.89. The molecule has 0 amide bonds. The molecular weight excluding hydrogens is 338 g/mol. The third-order valence-corrected chi connectivity index (χ3v) is 5.39. The maximum Gasteiger partial charge on any atom is 0.194 e. The van der Waals surface area contributed by atoms with Crippen LogP contribution >= 0.6 is 11.3 Å². The number of ether oxygens (including phenoxy) is 1. The standard InChI is InChI=1S/C16H25N7OS/c1-11(24-4)15-19-12(10-25-15)9-22(3)16(17-2)18-8-14-21-20-13-6-5-7-23(13)14/h10-11H,5-9H2,1-4H3,(H,17,18). The van der Waals surface area contributed by atoms with Crippen LogP contribution in [0.5, 0.6) is 0 Å². The Bertz CT molecular complexity index is 739. The van der Waals surface area contributed by atoms with Gasteiger partial charge in [-0.2, -0.15) is 0 Å². The molecule has 2 aromatic heterocycles. The Balaban J connectivity index is 1.58. The van der Waals surface area contributed by atoms with E-state index in [9.17, 15) is 0 Å². The summed E-state index contributed by atoms with van der Waals surface area (Å²) in [6.07, 6.45) is 2.20. The Hall–Kier alpha value is -2.00. The number of aliphatic imine (C=N–C) groups is 1. The number of aromatic nitrogens is 4. The molecule has 0 bridgehead atoms. The van der Waals surface area contributed by atoms with Crippen LogP contribution in [0.15, 0.2) is 10.4 Å². The van der Waals surface area contributed by atoms with Crippen molar-refractivity contribution in [3.8, 4) is 0 Å². The molecule has 1 aliphatic rings. The van der Waals surface area contributed by atoms with Gasteiger partial charge in [0.25, 0.3) is 0 Å². The fourth-order valence-corrected chi connectivity index (χ4v) is 3.73. The highest BCUT2D eigenvalue weighted by atomic mass is 32.1. The molecule has 2 aromatic rings. The lowest BCUT2D eigenvalue weighted by molar-refractivity contribution is 0.119. The Kier molecular flexibility index (Phi) is 5.64. The zero-order valence-corrected chi connectivity index (χ0v) is 16.0. The van der Waals surface area contributed by atoms with Crippen molar-refractivity contribution >= 4 is 17.3 Å². The molecule has 9 heteroatoms. The van der Waals surface area contributed by atoms with E-state index in [2.05, 4.69) is 40.3 Å². The van der Waals surface area contributed by atoms with Crippen molar-refractivity contribution in [3.63, 3.8) is 0 Å². The van der Waals surface area contributed by atoms with Gasteiger partial charge >= 0.3 is 0 Å². The maximum atomic E-state index is 5.32. The molecule has 1 unspecified atom stereocenters. The number of nitrogens with one attached hydrogen (secondary N) is 1. The van der Waals surface area contributed by atoms with Crippen LogP contribution in [0.4, 0.5) is 0 Å². The summed E-state index contributed by atoms with van der Waals surface area (Å²) in [5, 5.41) is 14.9. The topological polar surface area (TPSA) is 80.5 Å². The Labute approximate surface area is 152 Å². The molecule has 3 heterocycles. The van der Waals surface area contributed by atoms with Crippen LogP contribution in [-0.4, -0.2) is 51.8 Å². The fraction of sp³-hybridized carbons (Fsp3) is 0.625. The van der Waals surface area contributed by atoms with Gasteiger partial charge in [-0.15, -0.1) is 21.5 Å². The first-order chi connectivity index (χ1) is 12.1. The van der Waals surface area contributed by atoms with Gasteiger partial charge in [-0.3, -0.25) is 4.99 Å². The highest BCUT2D eigenvalue weighted by molar-refractivity contribution is 7.09. The first-order valence-electron chi connectivity index (χ1n) is 8.42. The number of thiazole rings is 1. The van der Waals surface area contributed by atoms with E-state index in [4.69, 9.17) is 4.74 Å². The summed E-state index contributed by atoms with van der Waals surface area (Å²) < 4.78 is 7.52. The summed E-state index contributed by atoms with van der Waals surface area (Å²) in [5.74, 6) is 2.86. The number of aryl methyl sites for hydroxylation is 1. The van der Waals surface area contributed by atoms with Crippen LogP contribution < -0.4 is 5.32 Å². The van der Waals surface area contributed by atoms with Crippen LogP contribution in [0.25, 0.3) is 0 Å². The van der Waals surface area contributed by atoms with Crippen molar-refractivity contribution < 1.29 is 4.74 Å². The maximum absolute atomic E-state index is 5.32. The van der Waals surface area contributed by atoms with Crippen molar-refractivity contribution in [2.24, 2.45) is 4.99 Å². The van der Waals surface area contributed by atoms with Gasteiger partial charge in [0, 0.05) is 39.6 Å². The molecule has 136 valence electrons. The minimum absolute atomic E-state index is 0.0246. The molecule has 8 nitrogen and oxygen atoms in total. The zero-order chi connectivity index (χ0) is 17.8. The number of hydrogen-bond donors (Lipinski definition) is 1. The molecule has 1 N–H and O–H groups in total. The SMILES string of the molecule is CN=C(NCc1nnc2n1CCC2)N(C)Cc1csc(C(C)OC)n1. The number of rotatable bonds is 6. The molecule has 0 aromatic carbocycles. The van der Waals surface area contributed by atoms with Gasteiger partial charge in [-0.1, -0.05) is 0 Å². The van der Waals surface area contributed by atoms with Crippen molar-refractivity contribution in [1.29, 1.82) is 0 Å². The van der Waals surface area contributed by atoms with E-state index in [1.807, 2.05) is 14.0 Å². The number of nitrogens with zero attached hydrogens (tertiary/aromatic N) is 6. The Morgan fingerprint density at radius 3 is 3.12 bits per heavy atom. The van der Waals surface area contributed by atoms with Crippen LogP contribution in [-0.2, 0) is 30.8 Å². The predicted molar refractivity (Wildman–Crippen MR) is 97.5 cm³/mol. The summed E-state index contributed by atoms with van der Waals surface area (Å²) in [7, 11) is 5.49. The van der Waals surface area contributed by atoms with Crippen molar-refractivity contribution in [3.05, 3.63) is 27.7 Å². The minimum Gasteiger partial charge on any atom is -0.375 e. The third kappa shape index (κ3) is 3.98. The first kappa shape index (κ1) is 17.8. The van der Waals surface area contributed by atoms with Crippen LogP contribution in [0, 0.1) is 0 Å². The normalized spacial score (nSPS) is 15.3. The summed E-state index contributed by atoms with van der Waals surface area (Å²) >= 11 is 1.62. The molecule has 0 saturated carbocycles. The smallest absolute Gasteiger partial charge is 0.194 e.